The molecule has 1 amide bonds. The van der Waals surface area contributed by atoms with Gasteiger partial charge in [0.25, 0.3) is 5.91 Å². The summed E-state index contributed by atoms with van der Waals surface area (Å²) in [4.78, 5) is 23.8. The largest absolute Gasteiger partial charge is 0.496 e. The van der Waals surface area contributed by atoms with E-state index in [1.807, 2.05) is 0 Å². The van der Waals surface area contributed by atoms with E-state index in [9.17, 15) is 14.7 Å². The molecule has 1 aliphatic carbocycles. The van der Waals surface area contributed by atoms with Gasteiger partial charge in [-0.25, -0.2) is 4.79 Å². The summed E-state index contributed by atoms with van der Waals surface area (Å²) >= 11 is 3.30. The highest BCUT2D eigenvalue weighted by Crippen LogP contribution is 2.31. The number of hydrogen-bond acceptors (Lipinski definition) is 3. The molecule has 1 saturated carbocycles. The molecule has 0 aliphatic heterocycles. The number of methoxy groups -OCH3 is 1. The Labute approximate surface area is 125 Å². The molecule has 6 heteroatoms. The van der Waals surface area contributed by atoms with Crippen molar-refractivity contribution < 1.29 is 19.4 Å². The van der Waals surface area contributed by atoms with Gasteiger partial charge in [-0.1, -0.05) is 28.8 Å². The Morgan fingerprint density at radius 2 is 2.00 bits per heavy atom. The van der Waals surface area contributed by atoms with E-state index in [2.05, 4.69) is 21.2 Å². The molecule has 0 saturated heterocycles. The van der Waals surface area contributed by atoms with Crippen LogP contribution in [-0.4, -0.2) is 29.6 Å². The normalized spacial score (nSPS) is 16.7. The third kappa shape index (κ3) is 2.80. The Balaban J connectivity index is 2.26. The minimum atomic E-state index is -1.14. The maximum atomic E-state index is 12.3. The molecule has 20 heavy (non-hydrogen) atoms. The van der Waals surface area contributed by atoms with Gasteiger partial charge in [0.2, 0.25) is 0 Å². The van der Waals surface area contributed by atoms with Crippen molar-refractivity contribution >= 4 is 27.8 Å². The predicted molar refractivity (Wildman–Crippen MR) is 77.0 cm³/mol. The van der Waals surface area contributed by atoms with E-state index < -0.39 is 17.4 Å². The van der Waals surface area contributed by atoms with Gasteiger partial charge in [-0.3, -0.25) is 4.79 Å². The van der Waals surface area contributed by atoms with E-state index in [1.54, 1.807) is 18.2 Å². The smallest absolute Gasteiger partial charge is 0.329 e. The number of amides is 1. The lowest BCUT2D eigenvalue weighted by molar-refractivity contribution is -0.144. The molecular formula is C14H16BrNO4. The van der Waals surface area contributed by atoms with Gasteiger partial charge in [0.1, 0.15) is 11.3 Å². The van der Waals surface area contributed by atoms with Crippen LogP contribution in [0.4, 0.5) is 0 Å². The number of aliphatic carboxylic acids is 1. The van der Waals surface area contributed by atoms with Crippen LogP contribution >= 0.6 is 15.9 Å². The van der Waals surface area contributed by atoms with Crippen molar-refractivity contribution in [3.63, 3.8) is 0 Å². The fourth-order valence-corrected chi connectivity index (χ4v) is 2.85. The molecular weight excluding hydrogens is 326 g/mol. The highest BCUT2D eigenvalue weighted by atomic mass is 79.9. The Morgan fingerprint density at radius 3 is 2.55 bits per heavy atom. The maximum Gasteiger partial charge on any atom is 0.329 e. The highest BCUT2D eigenvalue weighted by molar-refractivity contribution is 9.10. The molecule has 0 unspecified atom stereocenters. The number of halogens is 1. The second kappa shape index (κ2) is 5.83. The molecule has 1 aromatic rings. The zero-order chi connectivity index (χ0) is 14.8. The van der Waals surface area contributed by atoms with Crippen LogP contribution in [0.2, 0.25) is 0 Å². The predicted octanol–water partition coefficient (Wildman–Crippen LogP) is 2.58. The number of carbonyl (C=O) groups is 2. The number of benzene rings is 1. The zero-order valence-corrected chi connectivity index (χ0v) is 12.7. The van der Waals surface area contributed by atoms with Crippen LogP contribution in [0.3, 0.4) is 0 Å². The van der Waals surface area contributed by atoms with Crippen LogP contribution in [0, 0.1) is 0 Å². The van der Waals surface area contributed by atoms with Gasteiger partial charge >= 0.3 is 5.97 Å². The van der Waals surface area contributed by atoms with Crippen molar-refractivity contribution in [3.8, 4) is 5.75 Å². The Hall–Kier alpha value is -1.56. The van der Waals surface area contributed by atoms with E-state index in [1.165, 1.54) is 7.11 Å². The lowest BCUT2D eigenvalue weighted by Gasteiger charge is -2.25. The van der Waals surface area contributed by atoms with Crippen LogP contribution in [0.5, 0.6) is 5.75 Å². The molecule has 2 rings (SSSR count). The molecule has 1 aliphatic rings. The van der Waals surface area contributed by atoms with E-state index in [0.717, 1.165) is 17.3 Å². The zero-order valence-electron chi connectivity index (χ0n) is 11.1. The lowest BCUT2D eigenvalue weighted by Crippen LogP contribution is -2.52. The number of hydrogen-bond donors (Lipinski definition) is 2. The van der Waals surface area contributed by atoms with Crippen molar-refractivity contribution in [2.75, 3.05) is 7.11 Å². The maximum absolute atomic E-state index is 12.3. The van der Waals surface area contributed by atoms with E-state index >= 15 is 0 Å². The van der Waals surface area contributed by atoms with Crippen molar-refractivity contribution in [1.29, 1.82) is 0 Å². The SMILES string of the molecule is COc1cc(Br)ccc1C(=O)NC1(C(=O)O)CCCC1. The number of ether oxygens (including phenoxy) is 1. The fraction of sp³-hybridized carbons (Fsp3) is 0.429. The molecule has 0 bridgehead atoms. The van der Waals surface area contributed by atoms with Crippen LogP contribution in [0.25, 0.3) is 0 Å². The molecule has 0 spiro atoms. The third-order valence-corrected chi connectivity index (χ3v) is 4.12. The van der Waals surface area contributed by atoms with Crippen molar-refractivity contribution in [3.05, 3.63) is 28.2 Å². The second-order valence-electron chi connectivity index (χ2n) is 4.89. The summed E-state index contributed by atoms with van der Waals surface area (Å²) in [6, 6.07) is 5.01. The first-order valence-electron chi connectivity index (χ1n) is 6.38. The summed E-state index contributed by atoms with van der Waals surface area (Å²) in [6.45, 7) is 0. The van der Waals surface area contributed by atoms with Crippen LogP contribution < -0.4 is 10.1 Å². The van der Waals surface area contributed by atoms with Crippen molar-refractivity contribution in [1.82, 2.24) is 5.32 Å². The van der Waals surface area contributed by atoms with E-state index in [4.69, 9.17) is 4.74 Å². The molecule has 2 N–H and O–H groups in total. The van der Waals surface area contributed by atoms with Crippen molar-refractivity contribution in [2.24, 2.45) is 0 Å². The highest BCUT2D eigenvalue weighted by Gasteiger charge is 2.43. The summed E-state index contributed by atoms with van der Waals surface area (Å²) in [5, 5.41) is 12.0. The van der Waals surface area contributed by atoms with Gasteiger partial charge in [-0.05, 0) is 31.0 Å². The number of carboxylic acids is 1. The minimum absolute atomic E-state index is 0.336. The van der Waals surface area contributed by atoms with Gasteiger partial charge in [-0.2, -0.15) is 0 Å². The number of rotatable bonds is 4. The van der Waals surface area contributed by atoms with Gasteiger partial charge in [0, 0.05) is 4.47 Å². The Bertz CT molecular complexity index is 538. The van der Waals surface area contributed by atoms with Crippen LogP contribution in [0.1, 0.15) is 36.0 Å². The molecule has 1 fully saturated rings. The number of carbonyl (C=O) groups excluding carboxylic acids is 1. The summed E-state index contributed by atoms with van der Waals surface area (Å²) in [6.07, 6.45) is 2.55. The van der Waals surface area contributed by atoms with Gasteiger partial charge in [-0.15, -0.1) is 0 Å². The fourth-order valence-electron chi connectivity index (χ4n) is 2.51. The molecule has 0 radical (unpaired) electrons. The quantitative estimate of drug-likeness (QED) is 0.882. The average molecular weight is 342 g/mol. The standard InChI is InChI=1S/C14H16BrNO4/c1-20-11-8-9(15)4-5-10(11)12(17)16-14(13(18)19)6-2-3-7-14/h4-5,8H,2-3,6-7H2,1H3,(H,16,17)(H,18,19). The first-order chi connectivity index (χ1) is 9.48. The molecule has 5 nitrogen and oxygen atoms in total. The summed E-state index contributed by atoms with van der Waals surface area (Å²) in [5.74, 6) is -0.978. The lowest BCUT2D eigenvalue weighted by atomic mass is 9.97. The summed E-state index contributed by atoms with van der Waals surface area (Å²) in [7, 11) is 1.47. The van der Waals surface area contributed by atoms with Crippen molar-refractivity contribution in [2.45, 2.75) is 31.2 Å². The molecule has 0 atom stereocenters. The molecule has 108 valence electrons. The Morgan fingerprint density at radius 1 is 1.35 bits per heavy atom. The summed E-state index contributed by atoms with van der Waals surface area (Å²) < 4.78 is 5.96. The molecule has 0 aromatic heterocycles. The first kappa shape index (κ1) is 14.8. The van der Waals surface area contributed by atoms with Gasteiger partial charge in [0.05, 0.1) is 12.7 Å². The molecule has 0 heterocycles. The topological polar surface area (TPSA) is 75.6 Å². The van der Waals surface area contributed by atoms with E-state index in [0.29, 0.717) is 24.2 Å². The second-order valence-corrected chi connectivity index (χ2v) is 5.81. The number of carboxylic acid groups (broad SMARTS) is 1. The summed E-state index contributed by atoms with van der Waals surface area (Å²) in [5.41, 5.74) is -0.807. The average Bonchev–Trinajstić information content (AvgIpc) is 2.88. The van der Waals surface area contributed by atoms with Gasteiger partial charge < -0.3 is 15.2 Å². The first-order valence-corrected chi connectivity index (χ1v) is 7.17. The Kier molecular flexibility index (Phi) is 4.32. The van der Waals surface area contributed by atoms with E-state index in [-0.39, 0.29) is 0 Å². The monoisotopic (exact) mass is 341 g/mol. The minimum Gasteiger partial charge on any atom is -0.496 e. The molecule has 1 aromatic carbocycles. The van der Waals surface area contributed by atoms with Crippen LogP contribution in [0.15, 0.2) is 22.7 Å². The van der Waals surface area contributed by atoms with Gasteiger partial charge in [0.15, 0.2) is 0 Å². The number of nitrogens with one attached hydrogen (secondary N) is 1. The third-order valence-electron chi connectivity index (χ3n) is 3.63. The van der Waals surface area contributed by atoms with Crippen LogP contribution in [-0.2, 0) is 4.79 Å².